The lowest BCUT2D eigenvalue weighted by molar-refractivity contribution is 0.609. The molecule has 1 atom stereocenters. The van der Waals surface area contributed by atoms with Gasteiger partial charge < -0.3 is 10.2 Å². The Morgan fingerprint density at radius 1 is 1.14 bits per heavy atom. The molecular weight excluding hydrogens is 276 g/mol. The third kappa shape index (κ3) is 3.08. The summed E-state index contributed by atoms with van der Waals surface area (Å²) in [5.74, 6) is 0. The monoisotopic (exact) mass is 300 g/mol. The third-order valence-corrected chi connectivity index (χ3v) is 5.39. The highest BCUT2D eigenvalue weighted by atomic mass is 32.1. The second-order valence-corrected chi connectivity index (χ2v) is 6.61. The van der Waals surface area contributed by atoms with Gasteiger partial charge in [0.2, 0.25) is 0 Å². The first-order chi connectivity index (χ1) is 10.3. The summed E-state index contributed by atoms with van der Waals surface area (Å²) in [5.41, 5.74) is 4.06. The predicted octanol–water partition coefficient (Wildman–Crippen LogP) is 5.08. The first-order valence-corrected chi connectivity index (χ1v) is 8.87. The zero-order valence-electron chi connectivity index (χ0n) is 12.9. The average molecular weight is 300 g/mol. The molecule has 0 radical (unpaired) electrons. The molecule has 0 spiro atoms. The molecule has 2 aromatic rings. The average Bonchev–Trinajstić information content (AvgIpc) is 3.00. The van der Waals surface area contributed by atoms with Gasteiger partial charge in [0.25, 0.3) is 0 Å². The van der Waals surface area contributed by atoms with E-state index >= 15 is 0 Å². The number of hydrogen-bond acceptors (Lipinski definition) is 3. The summed E-state index contributed by atoms with van der Waals surface area (Å²) in [6, 6.07) is 11.7. The minimum absolute atomic E-state index is 0.485. The first kappa shape index (κ1) is 14.5. The second-order valence-electron chi connectivity index (χ2n) is 5.61. The molecule has 1 unspecified atom stereocenters. The van der Waals surface area contributed by atoms with E-state index in [-0.39, 0.29) is 0 Å². The van der Waals surface area contributed by atoms with Gasteiger partial charge in [-0.1, -0.05) is 0 Å². The maximum Gasteiger partial charge on any atom is 0.0524 e. The number of aryl methyl sites for hydroxylation is 1. The number of nitrogens with zero attached hydrogens (tertiary/aromatic N) is 1. The van der Waals surface area contributed by atoms with Crippen molar-refractivity contribution in [3.8, 4) is 0 Å². The van der Waals surface area contributed by atoms with E-state index in [2.05, 4.69) is 59.8 Å². The molecular formula is C18H24N2S. The van der Waals surface area contributed by atoms with Gasteiger partial charge >= 0.3 is 0 Å². The number of rotatable bonds is 5. The highest BCUT2D eigenvalue weighted by molar-refractivity contribution is 7.10. The van der Waals surface area contributed by atoms with E-state index < -0.39 is 0 Å². The van der Waals surface area contributed by atoms with Crippen molar-refractivity contribution in [2.24, 2.45) is 0 Å². The number of thiophene rings is 1. The van der Waals surface area contributed by atoms with Crippen molar-refractivity contribution >= 4 is 22.7 Å². The molecule has 0 aliphatic heterocycles. The first-order valence-electron chi connectivity index (χ1n) is 7.99. The fourth-order valence-corrected chi connectivity index (χ4v) is 4.18. The maximum atomic E-state index is 3.71. The Morgan fingerprint density at radius 2 is 1.90 bits per heavy atom. The Bertz CT molecular complexity index is 569. The molecule has 1 aliphatic rings. The zero-order valence-corrected chi connectivity index (χ0v) is 13.7. The normalized spacial score (nSPS) is 17.3. The molecule has 1 aromatic heterocycles. The Balaban J connectivity index is 1.72. The number of anilines is 2. The Labute approximate surface area is 131 Å². The van der Waals surface area contributed by atoms with Crippen LogP contribution in [0.2, 0.25) is 0 Å². The Morgan fingerprint density at radius 3 is 2.62 bits per heavy atom. The lowest BCUT2D eigenvalue weighted by Crippen LogP contribution is -2.21. The molecule has 21 heavy (non-hydrogen) atoms. The quantitative estimate of drug-likeness (QED) is 0.828. The molecule has 3 rings (SSSR count). The molecule has 112 valence electrons. The van der Waals surface area contributed by atoms with E-state index in [0.29, 0.717) is 6.04 Å². The van der Waals surface area contributed by atoms with Crippen molar-refractivity contribution in [1.82, 2.24) is 0 Å². The van der Waals surface area contributed by atoms with Crippen LogP contribution in [0.3, 0.4) is 0 Å². The van der Waals surface area contributed by atoms with Crippen molar-refractivity contribution in [2.75, 3.05) is 23.3 Å². The largest absolute Gasteiger partial charge is 0.378 e. The van der Waals surface area contributed by atoms with Gasteiger partial charge in [-0.15, -0.1) is 11.3 Å². The minimum atomic E-state index is 0.485. The molecule has 1 aromatic carbocycles. The zero-order chi connectivity index (χ0) is 14.7. The van der Waals surface area contributed by atoms with Gasteiger partial charge in [-0.25, -0.2) is 0 Å². The number of hydrogen-bond donors (Lipinski definition) is 1. The van der Waals surface area contributed by atoms with Gasteiger partial charge in [0.1, 0.15) is 0 Å². The van der Waals surface area contributed by atoms with Crippen LogP contribution in [0.15, 0.2) is 35.7 Å². The van der Waals surface area contributed by atoms with Crippen molar-refractivity contribution in [1.29, 1.82) is 0 Å². The van der Waals surface area contributed by atoms with Crippen LogP contribution in [0.5, 0.6) is 0 Å². The van der Waals surface area contributed by atoms with Crippen molar-refractivity contribution in [2.45, 2.75) is 39.2 Å². The minimum Gasteiger partial charge on any atom is -0.378 e. The predicted molar refractivity (Wildman–Crippen MR) is 93.6 cm³/mol. The SMILES string of the molecule is CCN(CC)c1ccc(NC2CCCc3sccc32)cc1. The van der Waals surface area contributed by atoms with Crippen LogP contribution < -0.4 is 10.2 Å². The lowest BCUT2D eigenvalue weighted by atomic mass is 9.94. The summed E-state index contributed by atoms with van der Waals surface area (Å²) in [6.07, 6.45) is 3.79. The molecule has 1 N–H and O–H groups in total. The molecule has 0 saturated heterocycles. The number of benzene rings is 1. The van der Waals surface area contributed by atoms with E-state index in [1.807, 2.05) is 11.3 Å². The fraction of sp³-hybridized carbons (Fsp3) is 0.444. The summed E-state index contributed by atoms with van der Waals surface area (Å²) in [5, 5.41) is 5.94. The molecule has 2 nitrogen and oxygen atoms in total. The van der Waals surface area contributed by atoms with Gasteiger partial charge in [0.05, 0.1) is 6.04 Å². The molecule has 0 saturated carbocycles. The van der Waals surface area contributed by atoms with Crippen LogP contribution in [-0.2, 0) is 6.42 Å². The van der Waals surface area contributed by atoms with E-state index in [4.69, 9.17) is 0 Å². The maximum absolute atomic E-state index is 3.71. The third-order valence-electron chi connectivity index (χ3n) is 4.39. The Kier molecular flexibility index (Phi) is 4.49. The van der Waals surface area contributed by atoms with Crippen LogP contribution in [0.25, 0.3) is 0 Å². The molecule has 0 amide bonds. The van der Waals surface area contributed by atoms with E-state index in [9.17, 15) is 0 Å². The molecule has 3 heteroatoms. The molecule has 0 bridgehead atoms. The van der Waals surface area contributed by atoms with Crippen molar-refractivity contribution < 1.29 is 0 Å². The molecule has 1 heterocycles. The smallest absolute Gasteiger partial charge is 0.0524 e. The summed E-state index contributed by atoms with van der Waals surface area (Å²) in [6.45, 7) is 6.53. The summed E-state index contributed by atoms with van der Waals surface area (Å²) in [4.78, 5) is 3.94. The summed E-state index contributed by atoms with van der Waals surface area (Å²) < 4.78 is 0. The standard InChI is InChI=1S/C18H24N2S/c1-3-20(4-2)15-10-8-14(9-11-15)19-17-6-5-7-18-16(17)12-13-21-18/h8-13,17,19H,3-7H2,1-2H3. The lowest BCUT2D eigenvalue weighted by Gasteiger charge is -2.25. The van der Waals surface area contributed by atoms with Gasteiger partial charge in [-0.05, 0) is 74.4 Å². The van der Waals surface area contributed by atoms with Crippen molar-refractivity contribution in [3.63, 3.8) is 0 Å². The summed E-state index contributed by atoms with van der Waals surface area (Å²) >= 11 is 1.91. The van der Waals surface area contributed by atoms with Crippen LogP contribution >= 0.6 is 11.3 Å². The van der Waals surface area contributed by atoms with Crippen LogP contribution in [0.1, 0.15) is 43.2 Å². The highest BCUT2D eigenvalue weighted by Gasteiger charge is 2.20. The van der Waals surface area contributed by atoms with Gasteiger partial charge in [0.15, 0.2) is 0 Å². The topological polar surface area (TPSA) is 15.3 Å². The van der Waals surface area contributed by atoms with Crippen LogP contribution in [-0.4, -0.2) is 13.1 Å². The van der Waals surface area contributed by atoms with Crippen LogP contribution in [0, 0.1) is 0 Å². The van der Waals surface area contributed by atoms with E-state index in [1.54, 1.807) is 4.88 Å². The Hall–Kier alpha value is -1.48. The molecule has 0 fully saturated rings. The number of fused-ring (bicyclic) bond motifs is 1. The van der Waals surface area contributed by atoms with Gasteiger partial charge in [-0.3, -0.25) is 0 Å². The summed E-state index contributed by atoms with van der Waals surface area (Å²) in [7, 11) is 0. The van der Waals surface area contributed by atoms with Crippen LogP contribution in [0.4, 0.5) is 11.4 Å². The second kappa shape index (κ2) is 6.52. The van der Waals surface area contributed by atoms with Gasteiger partial charge in [-0.2, -0.15) is 0 Å². The number of nitrogens with one attached hydrogen (secondary N) is 1. The van der Waals surface area contributed by atoms with E-state index in [1.165, 1.54) is 36.2 Å². The molecule has 1 aliphatic carbocycles. The van der Waals surface area contributed by atoms with E-state index in [0.717, 1.165) is 13.1 Å². The fourth-order valence-electron chi connectivity index (χ4n) is 3.19. The highest BCUT2D eigenvalue weighted by Crippen LogP contribution is 2.35. The van der Waals surface area contributed by atoms with Gasteiger partial charge in [0, 0.05) is 29.3 Å². The van der Waals surface area contributed by atoms with Crippen molar-refractivity contribution in [3.05, 3.63) is 46.2 Å².